The van der Waals surface area contributed by atoms with Crippen molar-refractivity contribution in [2.45, 2.75) is 57.2 Å². The first-order valence-corrected chi connectivity index (χ1v) is 11.9. The lowest BCUT2D eigenvalue weighted by Crippen LogP contribution is -2.52. The molecule has 6 heteroatoms. The van der Waals surface area contributed by atoms with Gasteiger partial charge in [0.2, 0.25) is 5.91 Å². The number of amides is 1. The van der Waals surface area contributed by atoms with Gasteiger partial charge in [0.25, 0.3) is 0 Å². The van der Waals surface area contributed by atoms with Gasteiger partial charge in [-0.15, -0.1) is 0 Å². The second kappa shape index (κ2) is 10.2. The molecule has 4 heterocycles. The highest BCUT2D eigenvalue weighted by molar-refractivity contribution is 5.79. The molecular formula is C24H39N5O. The van der Waals surface area contributed by atoms with Crippen LogP contribution in [0.5, 0.6) is 0 Å². The Kier molecular flexibility index (Phi) is 7.39. The average Bonchev–Trinajstić information content (AvgIpc) is 2.80. The van der Waals surface area contributed by atoms with Crippen LogP contribution in [0.1, 0.15) is 44.1 Å². The minimum absolute atomic E-state index is 0.192. The van der Waals surface area contributed by atoms with E-state index in [1.54, 1.807) is 0 Å². The number of carbonyl (C=O) groups excluding carboxylic acids is 1. The van der Waals surface area contributed by atoms with Gasteiger partial charge in [-0.25, -0.2) is 0 Å². The highest BCUT2D eigenvalue weighted by Gasteiger charge is 2.34. The topological polar surface area (TPSA) is 42.9 Å². The Morgan fingerprint density at radius 2 is 1.87 bits per heavy atom. The highest BCUT2D eigenvalue weighted by atomic mass is 16.2. The molecule has 3 fully saturated rings. The first-order valence-electron chi connectivity index (χ1n) is 11.9. The second-order valence-corrected chi connectivity index (χ2v) is 9.69. The van der Waals surface area contributed by atoms with E-state index in [9.17, 15) is 4.79 Å². The summed E-state index contributed by atoms with van der Waals surface area (Å²) in [5, 5.41) is 0. The highest BCUT2D eigenvalue weighted by Crippen LogP contribution is 2.27. The largest absolute Gasteiger partial charge is 0.342 e. The van der Waals surface area contributed by atoms with E-state index < -0.39 is 0 Å². The summed E-state index contributed by atoms with van der Waals surface area (Å²) >= 11 is 0. The Balaban J connectivity index is 1.25. The summed E-state index contributed by atoms with van der Waals surface area (Å²) in [5.74, 6) is 0.583. The van der Waals surface area contributed by atoms with Gasteiger partial charge in [-0.3, -0.25) is 19.6 Å². The molecule has 1 amide bonds. The monoisotopic (exact) mass is 413 g/mol. The van der Waals surface area contributed by atoms with Crippen LogP contribution in [0.15, 0.2) is 24.5 Å². The Labute approximate surface area is 182 Å². The fourth-order valence-corrected chi connectivity index (χ4v) is 5.58. The van der Waals surface area contributed by atoms with Crippen molar-refractivity contribution in [3.63, 3.8) is 0 Å². The quantitative estimate of drug-likeness (QED) is 0.741. The number of carbonyl (C=O) groups is 1. The van der Waals surface area contributed by atoms with E-state index in [0.29, 0.717) is 18.0 Å². The van der Waals surface area contributed by atoms with Gasteiger partial charge in [0.05, 0.1) is 5.92 Å². The molecule has 0 aromatic carbocycles. The molecule has 0 saturated carbocycles. The van der Waals surface area contributed by atoms with Gasteiger partial charge in [-0.2, -0.15) is 0 Å². The lowest BCUT2D eigenvalue weighted by atomic mass is 9.92. The first kappa shape index (κ1) is 21.7. The maximum Gasteiger partial charge on any atom is 0.226 e. The van der Waals surface area contributed by atoms with Crippen LogP contribution in [-0.2, 0) is 11.3 Å². The molecule has 0 N–H and O–H groups in total. The molecule has 4 rings (SSSR count). The van der Waals surface area contributed by atoms with Crippen LogP contribution in [-0.4, -0.2) is 95.9 Å². The molecule has 6 nitrogen and oxygen atoms in total. The van der Waals surface area contributed by atoms with Gasteiger partial charge in [0.1, 0.15) is 0 Å². The normalized spacial score (nSPS) is 26.0. The lowest BCUT2D eigenvalue weighted by Gasteiger charge is -2.43. The zero-order valence-electron chi connectivity index (χ0n) is 18.9. The average molecular weight is 414 g/mol. The maximum absolute atomic E-state index is 13.2. The Morgan fingerprint density at radius 1 is 1.10 bits per heavy atom. The van der Waals surface area contributed by atoms with Gasteiger partial charge < -0.3 is 9.80 Å². The van der Waals surface area contributed by atoms with Crippen molar-refractivity contribution in [3.05, 3.63) is 30.1 Å². The fraction of sp³-hybridized carbons (Fsp3) is 0.750. The number of likely N-dealkylation sites (tertiary alicyclic amines) is 3. The number of aromatic nitrogens is 1. The van der Waals surface area contributed by atoms with E-state index in [2.05, 4.69) is 37.7 Å². The predicted molar refractivity (Wildman–Crippen MR) is 120 cm³/mol. The van der Waals surface area contributed by atoms with Gasteiger partial charge >= 0.3 is 0 Å². The van der Waals surface area contributed by atoms with Crippen LogP contribution < -0.4 is 0 Å². The van der Waals surface area contributed by atoms with Crippen molar-refractivity contribution >= 4 is 5.91 Å². The van der Waals surface area contributed by atoms with Crippen LogP contribution in [0.3, 0.4) is 0 Å². The van der Waals surface area contributed by atoms with Crippen molar-refractivity contribution in [2.75, 3.05) is 53.4 Å². The maximum atomic E-state index is 13.2. The number of hydrogen-bond donors (Lipinski definition) is 0. The predicted octanol–water partition coefficient (Wildman–Crippen LogP) is 2.31. The molecule has 166 valence electrons. The van der Waals surface area contributed by atoms with Crippen molar-refractivity contribution in [2.24, 2.45) is 5.92 Å². The minimum Gasteiger partial charge on any atom is -0.342 e. The lowest BCUT2D eigenvalue weighted by molar-refractivity contribution is -0.139. The summed E-state index contributed by atoms with van der Waals surface area (Å²) in [6.45, 7) is 7.63. The molecule has 1 aromatic heterocycles. The summed E-state index contributed by atoms with van der Waals surface area (Å²) in [7, 11) is 4.23. The zero-order valence-corrected chi connectivity index (χ0v) is 18.9. The number of piperidine rings is 3. The third-order valence-electron chi connectivity index (χ3n) is 7.59. The van der Waals surface area contributed by atoms with Crippen molar-refractivity contribution < 1.29 is 4.79 Å². The molecule has 3 aliphatic heterocycles. The third kappa shape index (κ3) is 5.40. The van der Waals surface area contributed by atoms with Gasteiger partial charge in [-0.1, -0.05) is 6.07 Å². The first-order chi connectivity index (χ1) is 14.6. The molecule has 1 aromatic rings. The van der Waals surface area contributed by atoms with Crippen LogP contribution in [0.2, 0.25) is 0 Å². The van der Waals surface area contributed by atoms with Gasteiger partial charge in [0.15, 0.2) is 0 Å². The fourth-order valence-electron chi connectivity index (χ4n) is 5.58. The molecule has 0 spiro atoms. The van der Waals surface area contributed by atoms with E-state index in [1.165, 1.54) is 18.4 Å². The third-order valence-corrected chi connectivity index (χ3v) is 7.59. The number of hydrogen-bond acceptors (Lipinski definition) is 5. The minimum atomic E-state index is 0.192. The molecule has 30 heavy (non-hydrogen) atoms. The molecular weight excluding hydrogens is 374 g/mol. The van der Waals surface area contributed by atoms with Crippen LogP contribution in [0.4, 0.5) is 0 Å². The summed E-state index contributed by atoms with van der Waals surface area (Å²) < 4.78 is 0. The molecule has 1 atom stereocenters. The Hall–Kier alpha value is -1.50. The molecule has 1 unspecified atom stereocenters. The molecule has 3 aliphatic rings. The summed E-state index contributed by atoms with van der Waals surface area (Å²) in [4.78, 5) is 27.1. The van der Waals surface area contributed by atoms with E-state index in [4.69, 9.17) is 0 Å². The molecule has 3 saturated heterocycles. The van der Waals surface area contributed by atoms with Crippen molar-refractivity contribution in [1.82, 2.24) is 24.6 Å². The van der Waals surface area contributed by atoms with Gasteiger partial charge in [-0.05, 0) is 89.9 Å². The van der Waals surface area contributed by atoms with E-state index in [0.717, 1.165) is 71.5 Å². The van der Waals surface area contributed by atoms with Crippen molar-refractivity contribution in [3.8, 4) is 0 Å². The van der Waals surface area contributed by atoms with Gasteiger partial charge in [0, 0.05) is 44.6 Å². The summed E-state index contributed by atoms with van der Waals surface area (Å²) in [6.07, 6.45) is 10.7. The molecule has 0 radical (unpaired) electrons. The number of nitrogens with zero attached hydrogens (tertiary/aromatic N) is 5. The van der Waals surface area contributed by atoms with Crippen LogP contribution in [0, 0.1) is 5.92 Å². The standard InChI is InChI=1S/C24H39N5O/c1-26-13-7-22(8-14-26)27(2)24(30)21-6-4-12-29(19-21)23-9-15-28(16-10-23)18-20-5-3-11-25-17-20/h3,5,11,17,21-23H,4,6-10,12-16,18-19H2,1-2H3. The summed E-state index contributed by atoms with van der Waals surface area (Å²) in [6, 6.07) is 5.26. The molecule has 0 aliphatic carbocycles. The van der Waals surface area contributed by atoms with E-state index in [-0.39, 0.29) is 5.92 Å². The Morgan fingerprint density at radius 3 is 2.57 bits per heavy atom. The zero-order chi connectivity index (χ0) is 20.9. The van der Waals surface area contributed by atoms with Crippen LogP contribution >= 0.6 is 0 Å². The van der Waals surface area contributed by atoms with Crippen LogP contribution in [0.25, 0.3) is 0 Å². The number of rotatable bonds is 5. The SMILES string of the molecule is CN1CCC(N(C)C(=O)C2CCCN(C3CCN(Cc4cccnc4)CC3)C2)CC1. The second-order valence-electron chi connectivity index (χ2n) is 9.69. The van der Waals surface area contributed by atoms with E-state index in [1.807, 2.05) is 25.5 Å². The molecule has 0 bridgehead atoms. The smallest absolute Gasteiger partial charge is 0.226 e. The van der Waals surface area contributed by atoms with Crippen molar-refractivity contribution in [1.29, 1.82) is 0 Å². The Bertz CT molecular complexity index is 667. The number of pyridine rings is 1. The van der Waals surface area contributed by atoms with E-state index >= 15 is 0 Å². The summed E-state index contributed by atoms with van der Waals surface area (Å²) in [5.41, 5.74) is 1.30.